The van der Waals surface area contributed by atoms with E-state index in [1.807, 2.05) is 6.07 Å². The van der Waals surface area contributed by atoms with Gasteiger partial charge < -0.3 is 9.84 Å². The molecule has 2 rings (SSSR count). The first-order valence-corrected chi connectivity index (χ1v) is 9.40. The second-order valence-corrected chi connectivity index (χ2v) is 7.80. The molecule has 0 aliphatic rings. The van der Waals surface area contributed by atoms with Crippen LogP contribution >= 0.6 is 23.5 Å². The van der Waals surface area contributed by atoms with Crippen molar-refractivity contribution < 1.29 is 23.0 Å². The minimum atomic E-state index is -4.79. The predicted octanol–water partition coefficient (Wildman–Crippen LogP) is 5.57. The van der Waals surface area contributed by atoms with E-state index in [-0.39, 0.29) is 6.61 Å². The summed E-state index contributed by atoms with van der Waals surface area (Å²) in [4.78, 5) is -1.80. The maximum atomic E-state index is 13.6. The first-order chi connectivity index (χ1) is 11.8. The molecule has 2 atom stereocenters. The molecule has 0 radical (unpaired) electrons. The first kappa shape index (κ1) is 20.2. The van der Waals surface area contributed by atoms with Crippen molar-refractivity contribution in [2.75, 3.05) is 6.61 Å². The maximum absolute atomic E-state index is 13.6. The molecule has 0 unspecified atom stereocenters. The number of halogens is 3. The van der Waals surface area contributed by atoms with Crippen LogP contribution in [-0.4, -0.2) is 28.3 Å². The lowest BCUT2D eigenvalue weighted by molar-refractivity contribution is -0.226. The average Bonchev–Trinajstić information content (AvgIpc) is 2.56. The molecule has 2 aromatic carbocycles. The summed E-state index contributed by atoms with van der Waals surface area (Å²) in [5.41, 5.74) is -0.824. The molecule has 1 N–H and O–H groups in total. The largest absolute Gasteiger partial charge is 0.427 e. The van der Waals surface area contributed by atoms with Gasteiger partial charge in [0.05, 0.1) is 0 Å². The molecular weight excluding hydrogens is 369 g/mol. The Morgan fingerprint density at radius 2 is 1.48 bits per heavy atom. The first-order valence-electron chi connectivity index (χ1n) is 7.70. The Labute approximate surface area is 153 Å². The van der Waals surface area contributed by atoms with E-state index in [2.05, 4.69) is 0 Å². The van der Waals surface area contributed by atoms with E-state index in [1.165, 1.54) is 11.8 Å². The van der Waals surface area contributed by atoms with Crippen LogP contribution in [0.3, 0.4) is 0 Å². The van der Waals surface area contributed by atoms with Gasteiger partial charge in [-0.2, -0.15) is 13.2 Å². The zero-order valence-electron chi connectivity index (χ0n) is 13.6. The van der Waals surface area contributed by atoms with Crippen molar-refractivity contribution in [2.45, 2.75) is 39.7 Å². The quantitative estimate of drug-likeness (QED) is 0.473. The van der Waals surface area contributed by atoms with E-state index >= 15 is 0 Å². The highest BCUT2D eigenvalue weighted by Crippen LogP contribution is 2.48. The maximum Gasteiger partial charge on any atom is 0.427 e. The van der Waals surface area contributed by atoms with Crippen LogP contribution in [0, 0.1) is 0 Å². The summed E-state index contributed by atoms with van der Waals surface area (Å²) in [6.45, 7) is 1.98. The molecule has 25 heavy (non-hydrogen) atoms. The van der Waals surface area contributed by atoms with Gasteiger partial charge in [0.2, 0.25) is 4.93 Å². The van der Waals surface area contributed by atoms with Crippen molar-refractivity contribution >= 4 is 23.5 Å². The summed E-state index contributed by atoms with van der Waals surface area (Å²) < 4.78 is 46.2. The lowest BCUT2D eigenvalue weighted by Gasteiger charge is -2.32. The van der Waals surface area contributed by atoms with Crippen LogP contribution in [0.15, 0.2) is 70.5 Å². The van der Waals surface area contributed by atoms with E-state index in [0.717, 1.165) is 4.90 Å². The fourth-order valence-electron chi connectivity index (χ4n) is 2.10. The summed E-state index contributed by atoms with van der Waals surface area (Å²) in [6.07, 6.45) is -5.37. The summed E-state index contributed by atoms with van der Waals surface area (Å²) in [5.74, 6) is 0. The van der Waals surface area contributed by atoms with Crippen LogP contribution in [-0.2, 0) is 4.74 Å². The van der Waals surface area contributed by atoms with Crippen molar-refractivity contribution in [1.29, 1.82) is 0 Å². The number of thioether (sulfide) groups is 2. The van der Waals surface area contributed by atoms with Crippen molar-refractivity contribution in [3.63, 3.8) is 0 Å². The van der Waals surface area contributed by atoms with Gasteiger partial charge in [-0.15, -0.1) is 0 Å². The second-order valence-electron chi connectivity index (χ2n) is 5.22. The van der Waals surface area contributed by atoms with Crippen LogP contribution in [0.2, 0.25) is 0 Å². The zero-order chi connectivity index (χ0) is 18.3. The van der Waals surface area contributed by atoms with Crippen molar-refractivity contribution in [3.8, 4) is 0 Å². The second kappa shape index (κ2) is 8.98. The van der Waals surface area contributed by atoms with Crippen molar-refractivity contribution in [3.05, 3.63) is 60.7 Å². The summed E-state index contributed by atoms with van der Waals surface area (Å²) >= 11 is 1.57. The lowest BCUT2D eigenvalue weighted by Crippen LogP contribution is -2.44. The smallest absolute Gasteiger partial charge is 0.371 e. The lowest BCUT2D eigenvalue weighted by atomic mass is 10.2. The Kier molecular flexibility index (Phi) is 7.25. The summed E-state index contributed by atoms with van der Waals surface area (Å²) in [6, 6.07) is 17.1. The van der Waals surface area contributed by atoms with Crippen LogP contribution in [0.4, 0.5) is 13.2 Å². The Bertz CT molecular complexity index is 638. The van der Waals surface area contributed by atoms with Gasteiger partial charge in [0, 0.05) is 22.8 Å². The number of benzene rings is 2. The highest BCUT2D eigenvalue weighted by molar-refractivity contribution is 8.01. The number of alkyl halides is 3. The third-order valence-corrected chi connectivity index (χ3v) is 5.63. The zero-order valence-corrected chi connectivity index (χ0v) is 15.2. The molecule has 0 saturated carbocycles. The van der Waals surface area contributed by atoms with Gasteiger partial charge in [0.25, 0.3) is 0 Å². The van der Waals surface area contributed by atoms with Gasteiger partial charge in [-0.25, -0.2) is 0 Å². The molecule has 0 bridgehead atoms. The number of aliphatic hydroxyl groups is 1. The standard InChI is InChI=1S/C18H19F3O2S2/c1-2-23-16(24-14-9-5-3-6-10-14)13-17(22,18(19,20)21)25-15-11-7-4-8-12-15/h3-12,16,22H,2,13H2,1H3/t16-,17+/m1/s1. The number of ether oxygens (including phenoxy) is 1. The monoisotopic (exact) mass is 388 g/mol. The van der Waals surface area contributed by atoms with E-state index in [9.17, 15) is 18.3 Å². The molecule has 0 fully saturated rings. The third-order valence-electron chi connectivity index (χ3n) is 3.28. The summed E-state index contributed by atoms with van der Waals surface area (Å²) in [5, 5.41) is 10.4. The SMILES string of the molecule is CCO[C@@H](C[C@](O)(Sc1ccccc1)C(F)(F)F)Sc1ccccc1. The van der Waals surface area contributed by atoms with Gasteiger partial charge >= 0.3 is 6.18 Å². The van der Waals surface area contributed by atoms with Gasteiger partial charge in [-0.05, 0) is 31.2 Å². The molecule has 0 spiro atoms. The van der Waals surface area contributed by atoms with Crippen LogP contribution in [0.5, 0.6) is 0 Å². The van der Waals surface area contributed by atoms with Crippen LogP contribution in [0.1, 0.15) is 13.3 Å². The third kappa shape index (κ3) is 5.95. The Morgan fingerprint density at radius 3 is 1.96 bits per heavy atom. The number of hydrogen-bond acceptors (Lipinski definition) is 4. The van der Waals surface area contributed by atoms with Gasteiger partial charge in [-0.1, -0.05) is 59.9 Å². The highest BCUT2D eigenvalue weighted by atomic mass is 32.2. The Hall–Kier alpha value is -1.15. The minimum absolute atomic E-state index is 0.258. The molecule has 0 amide bonds. The number of hydrogen-bond donors (Lipinski definition) is 1. The predicted molar refractivity (Wildman–Crippen MR) is 95.6 cm³/mol. The molecule has 0 aliphatic heterocycles. The molecule has 136 valence electrons. The van der Waals surface area contributed by atoms with E-state index in [0.29, 0.717) is 16.7 Å². The molecule has 2 aromatic rings. The normalized spacial score (nSPS) is 15.6. The summed E-state index contributed by atoms with van der Waals surface area (Å²) in [7, 11) is 0. The minimum Gasteiger partial charge on any atom is -0.371 e. The molecule has 0 saturated heterocycles. The molecule has 0 aromatic heterocycles. The average molecular weight is 388 g/mol. The van der Waals surface area contributed by atoms with Crippen LogP contribution in [0.25, 0.3) is 0 Å². The van der Waals surface area contributed by atoms with Gasteiger partial charge in [0.15, 0.2) is 0 Å². The Morgan fingerprint density at radius 1 is 0.960 bits per heavy atom. The molecular formula is C18H19F3O2S2. The van der Waals surface area contributed by atoms with Crippen molar-refractivity contribution in [1.82, 2.24) is 0 Å². The highest BCUT2D eigenvalue weighted by Gasteiger charge is 2.55. The van der Waals surface area contributed by atoms with Crippen LogP contribution < -0.4 is 0 Å². The molecule has 0 aliphatic carbocycles. The fourth-order valence-corrected chi connectivity index (χ4v) is 4.38. The van der Waals surface area contributed by atoms with E-state index in [4.69, 9.17) is 4.74 Å². The van der Waals surface area contributed by atoms with Gasteiger partial charge in [0.1, 0.15) is 5.44 Å². The van der Waals surface area contributed by atoms with E-state index < -0.39 is 23.0 Å². The molecule has 7 heteroatoms. The topological polar surface area (TPSA) is 29.5 Å². The molecule has 2 nitrogen and oxygen atoms in total. The number of rotatable bonds is 8. The Balaban J connectivity index is 2.20. The van der Waals surface area contributed by atoms with Crippen molar-refractivity contribution in [2.24, 2.45) is 0 Å². The molecule has 0 heterocycles. The van der Waals surface area contributed by atoms with Gasteiger partial charge in [-0.3, -0.25) is 0 Å². The van der Waals surface area contributed by atoms with E-state index in [1.54, 1.807) is 61.5 Å². The fraction of sp³-hybridized carbons (Fsp3) is 0.333.